The van der Waals surface area contributed by atoms with Gasteiger partial charge in [-0.05, 0) is 12.1 Å². The number of rotatable bonds is 3. The summed E-state index contributed by atoms with van der Waals surface area (Å²) < 4.78 is 2.80. The highest BCUT2D eigenvalue weighted by Crippen LogP contribution is 2.22. The number of aromatic nitrogens is 2. The lowest BCUT2D eigenvalue weighted by Gasteiger charge is -2.01. The number of aliphatic carboxylic acids is 1. The molecule has 88 valence electrons. The Balaban J connectivity index is 2.39. The van der Waals surface area contributed by atoms with Crippen LogP contribution >= 0.6 is 15.9 Å². The van der Waals surface area contributed by atoms with Gasteiger partial charge in [-0.2, -0.15) is 0 Å². The van der Waals surface area contributed by atoms with Crippen molar-refractivity contribution in [3.8, 4) is 11.4 Å². The highest BCUT2D eigenvalue weighted by atomic mass is 79.9. The molecule has 5 heteroatoms. The van der Waals surface area contributed by atoms with Crippen LogP contribution in [0.3, 0.4) is 0 Å². The van der Waals surface area contributed by atoms with Crippen LogP contribution < -0.4 is 0 Å². The maximum atomic E-state index is 10.6. The van der Waals surface area contributed by atoms with Crippen LogP contribution in [-0.4, -0.2) is 20.6 Å². The highest BCUT2D eigenvalue weighted by Gasteiger charge is 2.10. The molecule has 1 aromatic carbocycles. The molecule has 17 heavy (non-hydrogen) atoms. The minimum absolute atomic E-state index is 0.0537. The number of imidazole rings is 1. The van der Waals surface area contributed by atoms with Gasteiger partial charge in [0.2, 0.25) is 0 Å². The lowest BCUT2D eigenvalue weighted by Crippen LogP contribution is -1.99. The second kappa shape index (κ2) is 4.71. The van der Waals surface area contributed by atoms with E-state index in [1.165, 1.54) is 0 Å². The van der Waals surface area contributed by atoms with Crippen molar-refractivity contribution in [1.29, 1.82) is 0 Å². The smallest absolute Gasteiger partial charge is 0.309 e. The Morgan fingerprint density at radius 2 is 2.29 bits per heavy atom. The average Bonchev–Trinajstić information content (AvgIpc) is 2.58. The summed E-state index contributed by atoms with van der Waals surface area (Å²) in [6.07, 6.45) is 1.69. The molecule has 0 spiro atoms. The number of benzene rings is 1. The summed E-state index contributed by atoms with van der Waals surface area (Å²) in [5.41, 5.74) is 1.52. The number of nitrogens with zero attached hydrogens (tertiary/aromatic N) is 2. The molecule has 0 atom stereocenters. The molecule has 4 nitrogen and oxygen atoms in total. The van der Waals surface area contributed by atoms with E-state index in [4.69, 9.17) is 5.11 Å². The highest BCUT2D eigenvalue weighted by molar-refractivity contribution is 9.10. The quantitative estimate of drug-likeness (QED) is 0.946. The molecule has 0 saturated heterocycles. The Hall–Kier alpha value is -1.62. The molecule has 1 N–H and O–H groups in total. The van der Waals surface area contributed by atoms with Crippen LogP contribution in [0, 0.1) is 0 Å². The number of hydrogen-bond acceptors (Lipinski definition) is 2. The van der Waals surface area contributed by atoms with Crippen molar-refractivity contribution < 1.29 is 9.90 Å². The van der Waals surface area contributed by atoms with Crippen molar-refractivity contribution >= 4 is 21.9 Å². The minimum Gasteiger partial charge on any atom is -0.481 e. The van der Waals surface area contributed by atoms with E-state index in [0.29, 0.717) is 5.69 Å². The molecular formula is C12H11BrN2O2. The Kier molecular flexibility index (Phi) is 3.28. The molecule has 2 aromatic rings. The third kappa shape index (κ3) is 2.74. The van der Waals surface area contributed by atoms with E-state index in [1.807, 2.05) is 35.9 Å². The van der Waals surface area contributed by atoms with Crippen molar-refractivity contribution in [3.05, 3.63) is 40.6 Å². The SMILES string of the molecule is Cn1cc(CC(=O)O)nc1-c1cccc(Br)c1. The Labute approximate surface area is 107 Å². The zero-order valence-electron chi connectivity index (χ0n) is 9.22. The van der Waals surface area contributed by atoms with Gasteiger partial charge >= 0.3 is 5.97 Å². The maximum Gasteiger partial charge on any atom is 0.309 e. The second-order valence-electron chi connectivity index (χ2n) is 3.75. The zero-order valence-corrected chi connectivity index (χ0v) is 10.8. The molecule has 0 aliphatic rings. The summed E-state index contributed by atoms with van der Waals surface area (Å²) >= 11 is 3.40. The predicted octanol–water partition coefficient (Wildman–Crippen LogP) is 2.48. The molecule has 0 amide bonds. The van der Waals surface area contributed by atoms with Gasteiger partial charge in [0.25, 0.3) is 0 Å². The standard InChI is InChI=1S/C12H11BrN2O2/c1-15-7-10(6-11(16)17)14-12(15)8-3-2-4-9(13)5-8/h2-5,7H,6H2,1H3,(H,16,17). The van der Waals surface area contributed by atoms with Gasteiger partial charge in [-0.3, -0.25) is 4.79 Å². The van der Waals surface area contributed by atoms with Gasteiger partial charge in [0.1, 0.15) is 5.82 Å². The molecule has 0 fully saturated rings. The Bertz CT molecular complexity index is 563. The molecule has 2 rings (SSSR count). The van der Waals surface area contributed by atoms with Gasteiger partial charge in [-0.15, -0.1) is 0 Å². The van der Waals surface area contributed by atoms with Crippen molar-refractivity contribution in [2.75, 3.05) is 0 Å². The van der Waals surface area contributed by atoms with Crippen LogP contribution in [0.1, 0.15) is 5.69 Å². The van der Waals surface area contributed by atoms with Crippen LogP contribution in [0.25, 0.3) is 11.4 Å². The van der Waals surface area contributed by atoms with Gasteiger partial charge < -0.3 is 9.67 Å². The fourth-order valence-electron chi connectivity index (χ4n) is 1.66. The number of carboxylic acid groups (broad SMARTS) is 1. The predicted molar refractivity (Wildman–Crippen MR) is 67.7 cm³/mol. The number of halogens is 1. The topological polar surface area (TPSA) is 55.1 Å². The molecule has 0 unspecified atom stereocenters. The first-order chi connectivity index (χ1) is 8.06. The largest absolute Gasteiger partial charge is 0.481 e. The lowest BCUT2D eigenvalue weighted by molar-refractivity contribution is -0.136. The van der Waals surface area contributed by atoms with E-state index in [9.17, 15) is 4.79 Å². The number of carbonyl (C=O) groups is 1. The first-order valence-corrected chi connectivity index (χ1v) is 5.85. The zero-order chi connectivity index (χ0) is 12.4. The summed E-state index contributed by atoms with van der Waals surface area (Å²) in [5.74, 6) is -0.105. The van der Waals surface area contributed by atoms with Crippen LogP contribution in [0.4, 0.5) is 0 Å². The molecule has 1 aromatic heterocycles. The third-order valence-electron chi connectivity index (χ3n) is 2.34. The van der Waals surface area contributed by atoms with Gasteiger partial charge in [0.05, 0.1) is 12.1 Å². The average molecular weight is 295 g/mol. The Morgan fingerprint density at radius 3 is 2.94 bits per heavy atom. The first kappa shape index (κ1) is 11.9. The van der Waals surface area contributed by atoms with E-state index in [1.54, 1.807) is 6.20 Å². The van der Waals surface area contributed by atoms with Crippen molar-refractivity contribution in [2.45, 2.75) is 6.42 Å². The third-order valence-corrected chi connectivity index (χ3v) is 2.83. The van der Waals surface area contributed by atoms with Crippen molar-refractivity contribution in [2.24, 2.45) is 7.05 Å². The van der Waals surface area contributed by atoms with Crippen molar-refractivity contribution in [3.63, 3.8) is 0 Å². The maximum absolute atomic E-state index is 10.6. The minimum atomic E-state index is -0.871. The first-order valence-electron chi connectivity index (χ1n) is 5.06. The second-order valence-corrected chi connectivity index (χ2v) is 4.66. The van der Waals surface area contributed by atoms with E-state index in [-0.39, 0.29) is 6.42 Å². The fraction of sp³-hybridized carbons (Fsp3) is 0.167. The van der Waals surface area contributed by atoms with Gasteiger partial charge in [-0.25, -0.2) is 4.98 Å². The summed E-state index contributed by atoms with van der Waals surface area (Å²) in [7, 11) is 1.86. The van der Waals surface area contributed by atoms with E-state index < -0.39 is 5.97 Å². The summed E-state index contributed by atoms with van der Waals surface area (Å²) in [6, 6.07) is 7.75. The number of hydrogen-bond donors (Lipinski definition) is 1. The molecule has 1 heterocycles. The fourth-order valence-corrected chi connectivity index (χ4v) is 2.06. The molecule has 0 aliphatic carbocycles. The van der Waals surface area contributed by atoms with E-state index >= 15 is 0 Å². The molecule has 0 saturated carbocycles. The lowest BCUT2D eigenvalue weighted by atomic mass is 10.2. The van der Waals surface area contributed by atoms with E-state index in [2.05, 4.69) is 20.9 Å². The van der Waals surface area contributed by atoms with Crippen LogP contribution in [0.2, 0.25) is 0 Å². The monoisotopic (exact) mass is 294 g/mol. The number of carboxylic acids is 1. The van der Waals surface area contributed by atoms with Crippen molar-refractivity contribution in [1.82, 2.24) is 9.55 Å². The van der Waals surface area contributed by atoms with Gasteiger partial charge in [0, 0.05) is 23.3 Å². The van der Waals surface area contributed by atoms with Gasteiger partial charge in [0.15, 0.2) is 0 Å². The molecule has 0 aliphatic heterocycles. The van der Waals surface area contributed by atoms with Crippen LogP contribution in [0.5, 0.6) is 0 Å². The molecule has 0 radical (unpaired) electrons. The molecule has 0 bridgehead atoms. The summed E-state index contributed by atoms with van der Waals surface area (Å²) in [4.78, 5) is 14.9. The Morgan fingerprint density at radius 1 is 1.53 bits per heavy atom. The molecular weight excluding hydrogens is 284 g/mol. The summed E-state index contributed by atoms with van der Waals surface area (Å²) in [6.45, 7) is 0. The van der Waals surface area contributed by atoms with Crippen LogP contribution in [0.15, 0.2) is 34.9 Å². The van der Waals surface area contributed by atoms with Crippen LogP contribution in [-0.2, 0) is 18.3 Å². The normalized spacial score (nSPS) is 10.5. The summed E-state index contributed by atoms with van der Waals surface area (Å²) in [5, 5.41) is 8.72. The van der Waals surface area contributed by atoms with Gasteiger partial charge in [-0.1, -0.05) is 28.1 Å². The van der Waals surface area contributed by atoms with E-state index in [0.717, 1.165) is 15.9 Å². The number of aryl methyl sites for hydroxylation is 1.